The van der Waals surface area contributed by atoms with E-state index in [1.807, 2.05) is 37.3 Å². The third-order valence-corrected chi connectivity index (χ3v) is 7.67. The van der Waals surface area contributed by atoms with E-state index in [9.17, 15) is 24.3 Å². The summed E-state index contributed by atoms with van der Waals surface area (Å²) in [6.45, 7) is 4.01. The summed E-state index contributed by atoms with van der Waals surface area (Å²) in [5.41, 5.74) is 1.11. The number of ether oxygens (including phenoxy) is 2. The maximum absolute atomic E-state index is 13.5. The SMILES string of the molecule is CCCCOC(=O)N1CCN(C(=O)C(CCC(=O)O)NC(=O)c2nc(-c3ccccc3)sc2CCCOC)CC1. The van der Waals surface area contributed by atoms with Crippen molar-refractivity contribution in [1.82, 2.24) is 20.1 Å². The monoisotopic (exact) mass is 574 g/mol. The molecule has 12 heteroatoms. The number of aliphatic carboxylic acids is 1. The minimum Gasteiger partial charge on any atom is -0.481 e. The Morgan fingerprint density at radius 1 is 1.05 bits per heavy atom. The van der Waals surface area contributed by atoms with Gasteiger partial charge in [0.2, 0.25) is 5.91 Å². The number of rotatable bonds is 14. The molecule has 1 unspecified atom stereocenters. The lowest BCUT2D eigenvalue weighted by atomic mass is 10.1. The maximum Gasteiger partial charge on any atom is 0.409 e. The number of nitrogens with zero attached hydrogens (tertiary/aromatic N) is 3. The molecule has 0 saturated carbocycles. The molecule has 1 aromatic carbocycles. The van der Waals surface area contributed by atoms with Crippen molar-refractivity contribution in [3.05, 3.63) is 40.9 Å². The van der Waals surface area contributed by atoms with Crippen molar-refractivity contribution in [2.24, 2.45) is 0 Å². The molecule has 2 heterocycles. The topological polar surface area (TPSA) is 138 Å². The molecular weight excluding hydrogens is 536 g/mol. The third kappa shape index (κ3) is 9.02. The number of thiazole rings is 1. The van der Waals surface area contributed by atoms with Gasteiger partial charge in [0.25, 0.3) is 5.91 Å². The molecule has 1 aliphatic rings. The van der Waals surface area contributed by atoms with E-state index in [0.717, 1.165) is 23.3 Å². The van der Waals surface area contributed by atoms with Crippen LogP contribution in [0.15, 0.2) is 30.3 Å². The lowest BCUT2D eigenvalue weighted by Gasteiger charge is -2.36. The van der Waals surface area contributed by atoms with E-state index in [1.54, 1.807) is 16.9 Å². The molecule has 0 radical (unpaired) electrons. The number of hydrogen-bond donors (Lipinski definition) is 2. The number of piperazine rings is 1. The Labute approximate surface area is 238 Å². The van der Waals surface area contributed by atoms with E-state index in [2.05, 4.69) is 10.3 Å². The summed E-state index contributed by atoms with van der Waals surface area (Å²) in [6.07, 6.45) is 2.22. The molecular formula is C28H38N4O7S. The summed E-state index contributed by atoms with van der Waals surface area (Å²) in [4.78, 5) is 59.0. The average molecular weight is 575 g/mol. The fourth-order valence-electron chi connectivity index (χ4n) is 4.26. The van der Waals surface area contributed by atoms with Crippen LogP contribution in [0.2, 0.25) is 0 Å². The van der Waals surface area contributed by atoms with E-state index in [0.29, 0.717) is 44.2 Å². The minimum atomic E-state index is -1.06. The molecule has 1 saturated heterocycles. The second-order valence-corrected chi connectivity index (χ2v) is 10.6. The molecule has 1 aromatic heterocycles. The van der Waals surface area contributed by atoms with Crippen molar-refractivity contribution in [3.8, 4) is 10.6 Å². The van der Waals surface area contributed by atoms with Gasteiger partial charge in [-0.3, -0.25) is 14.4 Å². The number of nitrogens with one attached hydrogen (secondary N) is 1. The number of amides is 3. The van der Waals surface area contributed by atoms with Gasteiger partial charge < -0.3 is 29.7 Å². The highest BCUT2D eigenvalue weighted by Crippen LogP contribution is 2.29. The average Bonchev–Trinajstić information content (AvgIpc) is 3.40. The molecule has 40 heavy (non-hydrogen) atoms. The molecule has 0 aliphatic carbocycles. The molecule has 3 amide bonds. The Balaban J connectivity index is 1.72. The Hall–Kier alpha value is -3.51. The molecule has 1 aliphatic heterocycles. The van der Waals surface area contributed by atoms with Crippen molar-refractivity contribution in [2.45, 2.75) is 51.5 Å². The normalized spacial score (nSPS) is 14.1. The van der Waals surface area contributed by atoms with Crippen molar-refractivity contribution in [1.29, 1.82) is 0 Å². The van der Waals surface area contributed by atoms with Crippen LogP contribution in [0, 0.1) is 0 Å². The first-order valence-electron chi connectivity index (χ1n) is 13.6. The molecule has 11 nitrogen and oxygen atoms in total. The van der Waals surface area contributed by atoms with Gasteiger partial charge in [0.15, 0.2) is 0 Å². The van der Waals surface area contributed by atoms with Crippen LogP contribution in [-0.4, -0.2) is 96.3 Å². The molecule has 218 valence electrons. The minimum absolute atomic E-state index is 0.0616. The molecule has 2 N–H and O–H groups in total. The summed E-state index contributed by atoms with van der Waals surface area (Å²) in [6, 6.07) is 8.48. The number of carboxylic acids is 1. The van der Waals surface area contributed by atoms with Crippen LogP contribution >= 0.6 is 11.3 Å². The lowest BCUT2D eigenvalue weighted by Crippen LogP contribution is -2.56. The van der Waals surface area contributed by atoms with Crippen LogP contribution in [-0.2, 0) is 25.5 Å². The van der Waals surface area contributed by atoms with Crippen molar-refractivity contribution in [3.63, 3.8) is 0 Å². The van der Waals surface area contributed by atoms with Crippen LogP contribution < -0.4 is 5.32 Å². The number of methoxy groups -OCH3 is 1. The third-order valence-electron chi connectivity index (χ3n) is 6.51. The standard InChI is InChI=1S/C28H38N4O7S/c1-3-4-19-39-28(37)32-16-14-31(15-17-32)27(36)21(12-13-23(33)34)29-25(35)24-22(11-8-18-38-2)40-26(30-24)20-9-6-5-7-10-20/h5-7,9-10,21H,3-4,8,11-19H2,1-2H3,(H,29,35)(H,33,34). The number of carboxylic acid groups (broad SMARTS) is 1. The second-order valence-electron chi connectivity index (χ2n) is 9.49. The fourth-order valence-corrected chi connectivity index (χ4v) is 5.36. The van der Waals surface area contributed by atoms with Crippen LogP contribution in [0.3, 0.4) is 0 Å². The lowest BCUT2D eigenvalue weighted by molar-refractivity contribution is -0.138. The molecule has 1 fully saturated rings. The van der Waals surface area contributed by atoms with Crippen LogP contribution in [0.4, 0.5) is 4.79 Å². The van der Waals surface area contributed by atoms with Gasteiger partial charge in [-0.15, -0.1) is 11.3 Å². The molecule has 0 spiro atoms. The number of aryl methyl sites for hydroxylation is 1. The van der Waals surface area contributed by atoms with Gasteiger partial charge in [0.1, 0.15) is 16.7 Å². The number of unbranched alkanes of at least 4 members (excludes halogenated alkanes) is 1. The predicted molar refractivity (Wildman–Crippen MR) is 150 cm³/mol. The van der Waals surface area contributed by atoms with Crippen LogP contribution in [0.25, 0.3) is 10.6 Å². The summed E-state index contributed by atoms with van der Waals surface area (Å²) in [5, 5.41) is 12.7. The molecule has 0 bridgehead atoms. The first kappa shape index (κ1) is 31.0. The Bertz CT molecular complexity index is 1130. The van der Waals surface area contributed by atoms with E-state index in [-0.39, 0.29) is 37.5 Å². The van der Waals surface area contributed by atoms with Gasteiger partial charge in [-0.25, -0.2) is 9.78 Å². The molecule has 2 aromatic rings. The van der Waals surface area contributed by atoms with Gasteiger partial charge in [-0.2, -0.15) is 0 Å². The second kappa shape index (κ2) is 15.9. The number of carbonyl (C=O) groups excluding carboxylic acids is 3. The van der Waals surface area contributed by atoms with Gasteiger partial charge in [-0.05, 0) is 25.7 Å². The highest BCUT2D eigenvalue weighted by Gasteiger charge is 2.32. The maximum atomic E-state index is 13.5. The van der Waals surface area contributed by atoms with Crippen molar-refractivity contribution >= 4 is 35.2 Å². The van der Waals surface area contributed by atoms with E-state index in [4.69, 9.17) is 9.47 Å². The molecule has 3 rings (SSSR count). The zero-order chi connectivity index (χ0) is 28.9. The van der Waals surface area contributed by atoms with Crippen molar-refractivity contribution in [2.75, 3.05) is 46.5 Å². The first-order chi connectivity index (χ1) is 19.3. The summed E-state index contributed by atoms with van der Waals surface area (Å²) in [5.74, 6) is -1.97. The number of benzene rings is 1. The van der Waals surface area contributed by atoms with Gasteiger partial charge in [-0.1, -0.05) is 43.7 Å². The number of aromatic nitrogens is 1. The highest BCUT2D eigenvalue weighted by atomic mass is 32.1. The van der Waals surface area contributed by atoms with Gasteiger partial charge >= 0.3 is 12.1 Å². The zero-order valence-electron chi connectivity index (χ0n) is 23.1. The predicted octanol–water partition coefficient (Wildman–Crippen LogP) is 3.43. The molecule has 1 atom stereocenters. The first-order valence-corrected chi connectivity index (χ1v) is 14.4. The summed E-state index contributed by atoms with van der Waals surface area (Å²) < 4.78 is 10.4. The Morgan fingerprint density at radius 3 is 2.40 bits per heavy atom. The summed E-state index contributed by atoms with van der Waals surface area (Å²) >= 11 is 1.42. The van der Waals surface area contributed by atoms with Crippen LogP contribution in [0.1, 0.15) is 54.4 Å². The smallest absolute Gasteiger partial charge is 0.409 e. The fraction of sp³-hybridized carbons (Fsp3) is 0.536. The van der Waals surface area contributed by atoms with E-state index < -0.39 is 24.0 Å². The Kier molecular flexibility index (Phi) is 12.4. The van der Waals surface area contributed by atoms with E-state index in [1.165, 1.54) is 11.3 Å². The Morgan fingerprint density at radius 2 is 1.75 bits per heavy atom. The summed E-state index contributed by atoms with van der Waals surface area (Å²) in [7, 11) is 1.61. The number of carbonyl (C=O) groups is 4. The quantitative estimate of drug-likeness (QED) is 0.327. The van der Waals surface area contributed by atoms with E-state index >= 15 is 0 Å². The van der Waals surface area contributed by atoms with Gasteiger partial charge in [0, 0.05) is 56.8 Å². The van der Waals surface area contributed by atoms with Crippen LogP contribution in [0.5, 0.6) is 0 Å². The highest BCUT2D eigenvalue weighted by molar-refractivity contribution is 7.15. The van der Waals surface area contributed by atoms with Gasteiger partial charge in [0.05, 0.1) is 6.61 Å². The van der Waals surface area contributed by atoms with Crippen molar-refractivity contribution < 1.29 is 33.8 Å². The largest absolute Gasteiger partial charge is 0.481 e. The zero-order valence-corrected chi connectivity index (χ0v) is 23.9. The number of hydrogen-bond acceptors (Lipinski definition) is 8.